The lowest BCUT2D eigenvalue weighted by molar-refractivity contribution is 0.671. The Morgan fingerprint density at radius 1 is 1.29 bits per heavy atom. The fourth-order valence-electron chi connectivity index (χ4n) is 3.30. The third kappa shape index (κ3) is 2.48. The molecule has 3 rings (SSSR count). The summed E-state index contributed by atoms with van der Waals surface area (Å²) in [4.78, 5) is 2.19. The van der Waals surface area contributed by atoms with Crippen molar-refractivity contribution >= 4 is 38.2 Å². The maximum absolute atomic E-state index is 8.40. The second kappa shape index (κ2) is 5.45. The van der Waals surface area contributed by atoms with Crippen LogP contribution in [0.5, 0.6) is 0 Å². The number of hydrogen-bond donors (Lipinski definition) is 1. The molecule has 0 radical (unpaired) electrons. The van der Waals surface area contributed by atoms with E-state index < -0.39 is 0 Å². The number of hydrogen-bond acceptors (Lipinski definition) is 1. The lowest BCUT2D eigenvalue weighted by atomic mass is 9.96. The lowest BCUT2D eigenvalue weighted by Crippen LogP contribution is -2.29. The van der Waals surface area contributed by atoms with Gasteiger partial charge in [0.15, 0.2) is 0 Å². The summed E-state index contributed by atoms with van der Waals surface area (Å²) in [6, 6.07) is 10.7. The molecule has 2 aromatic rings. The minimum absolute atomic E-state index is 0.463. The highest BCUT2D eigenvalue weighted by atomic mass is 79.9. The number of benzene rings is 2. The zero-order chi connectivity index (χ0) is 15.1. The summed E-state index contributed by atoms with van der Waals surface area (Å²) in [6.45, 7) is 7.53. The first-order valence-corrected chi connectivity index (χ1v) is 8.34. The van der Waals surface area contributed by atoms with E-state index in [9.17, 15) is 0 Å². The van der Waals surface area contributed by atoms with Crippen LogP contribution in [0, 0.1) is 11.3 Å². The van der Waals surface area contributed by atoms with Crippen LogP contribution in [0.4, 0.5) is 5.69 Å². The van der Waals surface area contributed by atoms with Gasteiger partial charge in [-0.25, -0.2) is 0 Å². The number of rotatable bonds is 2. The van der Waals surface area contributed by atoms with Gasteiger partial charge in [0, 0.05) is 29.0 Å². The van der Waals surface area contributed by atoms with Crippen LogP contribution in [0.25, 0.3) is 10.8 Å². The average molecular weight is 345 g/mol. The van der Waals surface area contributed by atoms with Gasteiger partial charge in [0.1, 0.15) is 5.84 Å². The molecule has 0 amide bonds. The monoisotopic (exact) mass is 344 g/mol. The van der Waals surface area contributed by atoms with Crippen LogP contribution in [0.15, 0.2) is 34.8 Å². The molecule has 0 saturated heterocycles. The van der Waals surface area contributed by atoms with Gasteiger partial charge in [-0.2, -0.15) is 0 Å². The van der Waals surface area contributed by atoms with Gasteiger partial charge in [-0.15, -0.1) is 0 Å². The Bertz CT molecular complexity index is 706. The highest BCUT2D eigenvalue weighted by molar-refractivity contribution is 9.10. The third-order valence-corrected chi connectivity index (χ3v) is 4.89. The molecule has 21 heavy (non-hydrogen) atoms. The van der Waals surface area contributed by atoms with Crippen molar-refractivity contribution in [1.29, 1.82) is 5.41 Å². The first-order valence-electron chi connectivity index (χ1n) is 7.55. The van der Waals surface area contributed by atoms with Crippen LogP contribution in [0.2, 0.25) is 0 Å². The largest absolute Gasteiger partial charge is 0.329 e. The molecule has 1 atom stereocenters. The van der Waals surface area contributed by atoms with Gasteiger partial charge in [0.05, 0.1) is 0 Å². The third-order valence-electron chi connectivity index (χ3n) is 4.19. The van der Waals surface area contributed by atoms with E-state index in [1.807, 2.05) is 0 Å². The predicted octanol–water partition coefficient (Wildman–Crippen LogP) is 5.55. The molecular formula is C18H21BrN2. The van der Waals surface area contributed by atoms with Crippen molar-refractivity contribution in [3.63, 3.8) is 0 Å². The quantitative estimate of drug-likeness (QED) is 0.561. The molecule has 1 aliphatic heterocycles. The Hall–Kier alpha value is -1.35. The molecule has 0 bridgehead atoms. The Morgan fingerprint density at radius 3 is 2.76 bits per heavy atom. The summed E-state index contributed by atoms with van der Waals surface area (Å²) < 4.78 is 1.14. The van der Waals surface area contributed by atoms with E-state index in [4.69, 9.17) is 5.41 Å². The van der Waals surface area contributed by atoms with E-state index in [0.717, 1.165) is 23.3 Å². The molecule has 0 aliphatic carbocycles. The second-order valence-corrected chi connectivity index (χ2v) is 7.24. The molecule has 110 valence electrons. The van der Waals surface area contributed by atoms with E-state index in [-0.39, 0.29) is 0 Å². The molecule has 2 nitrogen and oxygen atoms in total. The Morgan fingerprint density at radius 2 is 2.05 bits per heavy atom. The van der Waals surface area contributed by atoms with Gasteiger partial charge < -0.3 is 4.90 Å². The number of nitrogens with zero attached hydrogens (tertiary/aromatic N) is 1. The maximum Gasteiger partial charge on any atom is 0.100 e. The summed E-state index contributed by atoms with van der Waals surface area (Å²) in [5.41, 5.74) is 2.61. The summed E-state index contributed by atoms with van der Waals surface area (Å²) in [6.07, 6.45) is 0.836. The summed E-state index contributed by atoms with van der Waals surface area (Å²) in [5, 5.41) is 11.0. The molecular weight excluding hydrogens is 324 g/mol. The number of anilines is 1. The van der Waals surface area contributed by atoms with E-state index in [2.05, 4.69) is 71.9 Å². The van der Waals surface area contributed by atoms with Crippen molar-refractivity contribution in [2.75, 3.05) is 11.4 Å². The standard InChI is InChI=1S/C18H21BrN2/c1-11(2)9-17(20)21-10-12(3)18-14-5-4-6-15(19)13(14)7-8-16(18)21/h4-8,11-12,20H,9-10H2,1-3H3. The normalized spacial score (nSPS) is 17.6. The second-order valence-electron chi connectivity index (χ2n) is 6.39. The van der Waals surface area contributed by atoms with Crippen molar-refractivity contribution in [2.45, 2.75) is 33.1 Å². The van der Waals surface area contributed by atoms with Gasteiger partial charge in [-0.1, -0.05) is 54.9 Å². The van der Waals surface area contributed by atoms with E-state index in [1.165, 1.54) is 22.0 Å². The molecule has 0 saturated carbocycles. The van der Waals surface area contributed by atoms with Crippen molar-refractivity contribution in [1.82, 2.24) is 0 Å². The topological polar surface area (TPSA) is 27.1 Å². The molecule has 0 aromatic heterocycles. The number of halogens is 1. The summed E-state index contributed by atoms with van der Waals surface area (Å²) >= 11 is 3.65. The van der Waals surface area contributed by atoms with Crippen molar-refractivity contribution in [3.8, 4) is 0 Å². The van der Waals surface area contributed by atoms with Gasteiger partial charge in [0.25, 0.3) is 0 Å². The Balaban J connectivity index is 2.11. The molecule has 1 aliphatic rings. The van der Waals surface area contributed by atoms with Crippen LogP contribution in [0.1, 0.15) is 38.7 Å². The molecule has 2 aromatic carbocycles. The Kier molecular flexibility index (Phi) is 3.78. The minimum atomic E-state index is 0.463. The number of fused-ring (bicyclic) bond motifs is 3. The van der Waals surface area contributed by atoms with Crippen molar-refractivity contribution in [3.05, 3.63) is 40.4 Å². The SMILES string of the molecule is CC(C)CC(=N)N1CC(C)c2c1ccc1c(Br)cccc21. The fraction of sp³-hybridized carbons (Fsp3) is 0.389. The van der Waals surface area contributed by atoms with Crippen LogP contribution in [-0.2, 0) is 0 Å². The molecule has 1 unspecified atom stereocenters. The molecule has 1 heterocycles. The fourth-order valence-corrected chi connectivity index (χ4v) is 3.80. The van der Waals surface area contributed by atoms with Gasteiger partial charge in [0.2, 0.25) is 0 Å². The van der Waals surface area contributed by atoms with Crippen LogP contribution in [-0.4, -0.2) is 12.4 Å². The molecule has 1 N–H and O–H groups in total. The van der Waals surface area contributed by atoms with Gasteiger partial charge >= 0.3 is 0 Å². The van der Waals surface area contributed by atoms with Crippen molar-refractivity contribution < 1.29 is 0 Å². The molecule has 0 spiro atoms. The lowest BCUT2D eigenvalue weighted by Gasteiger charge is -2.22. The Labute approximate surface area is 134 Å². The highest BCUT2D eigenvalue weighted by Crippen LogP contribution is 2.42. The number of nitrogens with one attached hydrogen (secondary N) is 1. The van der Waals surface area contributed by atoms with Crippen LogP contribution >= 0.6 is 15.9 Å². The zero-order valence-corrected chi connectivity index (χ0v) is 14.4. The van der Waals surface area contributed by atoms with Gasteiger partial charge in [-0.05, 0) is 34.4 Å². The smallest absolute Gasteiger partial charge is 0.100 e. The van der Waals surface area contributed by atoms with E-state index in [1.54, 1.807) is 0 Å². The van der Waals surface area contributed by atoms with E-state index in [0.29, 0.717) is 11.8 Å². The molecule has 0 fully saturated rings. The number of amidine groups is 1. The average Bonchev–Trinajstić information content (AvgIpc) is 2.76. The minimum Gasteiger partial charge on any atom is -0.329 e. The highest BCUT2D eigenvalue weighted by Gasteiger charge is 2.29. The van der Waals surface area contributed by atoms with Gasteiger partial charge in [-0.3, -0.25) is 5.41 Å². The van der Waals surface area contributed by atoms with E-state index >= 15 is 0 Å². The molecule has 3 heteroatoms. The first kappa shape index (κ1) is 14.6. The zero-order valence-electron chi connectivity index (χ0n) is 12.8. The van der Waals surface area contributed by atoms with Crippen LogP contribution < -0.4 is 4.90 Å². The predicted molar refractivity (Wildman–Crippen MR) is 94.6 cm³/mol. The maximum atomic E-state index is 8.40. The summed E-state index contributed by atoms with van der Waals surface area (Å²) in [7, 11) is 0. The van der Waals surface area contributed by atoms with Crippen molar-refractivity contribution in [2.24, 2.45) is 5.92 Å². The first-order chi connectivity index (χ1) is 9.99. The van der Waals surface area contributed by atoms with Crippen LogP contribution in [0.3, 0.4) is 0 Å². The summed E-state index contributed by atoms with van der Waals surface area (Å²) in [5.74, 6) is 1.72.